The van der Waals surface area contributed by atoms with Gasteiger partial charge in [-0.15, -0.1) is 0 Å². The van der Waals surface area contributed by atoms with Crippen LogP contribution in [-0.4, -0.2) is 38.6 Å². The summed E-state index contributed by atoms with van der Waals surface area (Å²) in [4.78, 5) is 16.1. The van der Waals surface area contributed by atoms with Gasteiger partial charge in [-0.3, -0.25) is 4.79 Å². The lowest BCUT2D eigenvalue weighted by Gasteiger charge is -2.12. The third-order valence-corrected chi connectivity index (χ3v) is 4.21. The molecular weight excluding hydrogens is 397 g/mol. The fourth-order valence-electron chi connectivity index (χ4n) is 2.65. The molecule has 2 aromatic carbocycles. The Bertz CT molecular complexity index is 919. The Hall–Kier alpha value is -3.23. The highest BCUT2D eigenvalue weighted by molar-refractivity contribution is 5.94. The van der Waals surface area contributed by atoms with Gasteiger partial charge in [0.2, 0.25) is 5.91 Å². The highest BCUT2D eigenvalue weighted by Gasteiger charge is 2.15. The quantitative estimate of drug-likeness (QED) is 0.347. The number of amides is 1. The summed E-state index contributed by atoms with van der Waals surface area (Å²) in [6, 6.07) is 7.64. The lowest BCUT2D eigenvalue weighted by atomic mass is 10.1. The molecule has 162 valence electrons. The number of methoxy groups -OCH3 is 1. The van der Waals surface area contributed by atoms with E-state index in [0.717, 1.165) is 29.0 Å². The van der Waals surface area contributed by atoms with Crippen LogP contribution in [0.3, 0.4) is 0 Å². The average Bonchev–Trinajstić information content (AvgIpc) is 2.73. The standard InChI is InChI=1S/C21H25F3N4O2/c1-4-25-21(26-10-9-14-6-5-13(2)17(11-14)30-3)27-12-18(29)28-16-8-7-15(22)19(23)20(16)24/h5-8,11H,4,9-10,12H2,1-3H3,(H,28,29)(H2,25,26,27). The van der Waals surface area contributed by atoms with Gasteiger partial charge in [-0.2, -0.15) is 0 Å². The van der Waals surface area contributed by atoms with E-state index in [9.17, 15) is 18.0 Å². The molecule has 0 unspecified atom stereocenters. The Balaban J connectivity index is 1.92. The van der Waals surface area contributed by atoms with Crippen LogP contribution in [0.5, 0.6) is 5.75 Å². The highest BCUT2D eigenvalue weighted by atomic mass is 19.2. The van der Waals surface area contributed by atoms with Crippen LogP contribution in [-0.2, 0) is 11.2 Å². The number of carbonyl (C=O) groups excluding carboxylic acids is 1. The van der Waals surface area contributed by atoms with Crippen molar-refractivity contribution < 1.29 is 22.7 Å². The first-order valence-corrected chi connectivity index (χ1v) is 9.44. The molecule has 0 aromatic heterocycles. The van der Waals surface area contributed by atoms with Crippen molar-refractivity contribution in [1.82, 2.24) is 10.6 Å². The van der Waals surface area contributed by atoms with E-state index < -0.39 is 29.0 Å². The van der Waals surface area contributed by atoms with Crippen LogP contribution in [0, 0.1) is 24.4 Å². The van der Waals surface area contributed by atoms with Crippen molar-refractivity contribution in [1.29, 1.82) is 0 Å². The van der Waals surface area contributed by atoms with E-state index in [-0.39, 0.29) is 6.54 Å². The maximum Gasteiger partial charge on any atom is 0.246 e. The predicted octanol–water partition coefficient (Wildman–Crippen LogP) is 3.16. The van der Waals surface area contributed by atoms with Crippen LogP contribution in [0.25, 0.3) is 0 Å². The zero-order valence-corrected chi connectivity index (χ0v) is 17.1. The molecular formula is C21H25F3N4O2. The molecule has 0 heterocycles. The number of aliphatic imine (C=N–C) groups is 1. The van der Waals surface area contributed by atoms with E-state index in [4.69, 9.17) is 4.74 Å². The van der Waals surface area contributed by atoms with Crippen molar-refractivity contribution in [3.05, 3.63) is 58.9 Å². The van der Waals surface area contributed by atoms with Crippen LogP contribution in [0.1, 0.15) is 18.1 Å². The summed E-state index contributed by atoms with van der Waals surface area (Å²) in [5.41, 5.74) is 1.68. The van der Waals surface area contributed by atoms with E-state index in [1.54, 1.807) is 7.11 Å². The molecule has 1 amide bonds. The number of rotatable bonds is 8. The number of hydrogen-bond donors (Lipinski definition) is 3. The van der Waals surface area contributed by atoms with Crippen LogP contribution < -0.4 is 20.7 Å². The van der Waals surface area contributed by atoms with Gasteiger partial charge in [-0.25, -0.2) is 18.2 Å². The Morgan fingerprint density at radius 1 is 1.10 bits per heavy atom. The van der Waals surface area contributed by atoms with Gasteiger partial charge in [-0.05, 0) is 49.6 Å². The molecule has 0 atom stereocenters. The van der Waals surface area contributed by atoms with Crippen LogP contribution >= 0.6 is 0 Å². The Morgan fingerprint density at radius 2 is 1.87 bits per heavy atom. The molecule has 6 nitrogen and oxygen atoms in total. The normalized spacial score (nSPS) is 11.2. The van der Waals surface area contributed by atoms with Gasteiger partial charge >= 0.3 is 0 Å². The first-order valence-electron chi connectivity index (χ1n) is 9.44. The summed E-state index contributed by atoms with van der Waals surface area (Å²) in [5, 5.41) is 8.28. The predicted molar refractivity (Wildman–Crippen MR) is 110 cm³/mol. The van der Waals surface area contributed by atoms with Gasteiger partial charge in [-0.1, -0.05) is 12.1 Å². The second-order valence-electron chi connectivity index (χ2n) is 6.45. The zero-order valence-electron chi connectivity index (χ0n) is 17.1. The molecule has 0 fully saturated rings. The molecule has 0 radical (unpaired) electrons. The Labute approximate surface area is 173 Å². The fraction of sp³-hybridized carbons (Fsp3) is 0.333. The number of carbonyl (C=O) groups is 1. The van der Waals surface area contributed by atoms with Crippen LogP contribution in [0.2, 0.25) is 0 Å². The number of benzene rings is 2. The molecule has 0 aliphatic carbocycles. The average molecular weight is 422 g/mol. The lowest BCUT2D eigenvalue weighted by molar-refractivity contribution is -0.114. The largest absolute Gasteiger partial charge is 0.496 e. The summed E-state index contributed by atoms with van der Waals surface area (Å²) >= 11 is 0. The Morgan fingerprint density at radius 3 is 2.57 bits per heavy atom. The number of guanidine groups is 1. The van der Waals surface area contributed by atoms with Gasteiger partial charge in [0.25, 0.3) is 0 Å². The minimum absolute atomic E-state index is 0.327. The second-order valence-corrected chi connectivity index (χ2v) is 6.45. The highest BCUT2D eigenvalue weighted by Crippen LogP contribution is 2.20. The Kier molecular flexibility index (Phi) is 8.52. The molecule has 2 rings (SSSR count). The summed E-state index contributed by atoms with van der Waals surface area (Å²) in [6.45, 7) is 4.64. The number of nitrogens with one attached hydrogen (secondary N) is 3. The van der Waals surface area contributed by atoms with Crippen molar-refractivity contribution >= 4 is 17.6 Å². The minimum atomic E-state index is -1.64. The number of nitrogens with zero attached hydrogens (tertiary/aromatic N) is 1. The summed E-state index contributed by atoms with van der Waals surface area (Å²) in [5.74, 6) is -3.87. The summed E-state index contributed by atoms with van der Waals surface area (Å²) in [7, 11) is 1.62. The zero-order chi connectivity index (χ0) is 22.1. The van der Waals surface area contributed by atoms with Crippen molar-refractivity contribution in [3.8, 4) is 5.75 Å². The molecule has 9 heteroatoms. The van der Waals surface area contributed by atoms with Gasteiger partial charge < -0.3 is 20.7 Å². The van der Waals surface area contributed by atoms with Crippen molar-refractivity contribution in [2.24, 2.45) is 4.99 Å². The first kappa shape index (κ1) is 23.1. The molecule has 30 heavy (non-hydrogen) atoms. The number of ether oxygens (including phenoxy) is 1. The topological polar surface area (TPSA) is 74.8 Å². The van der Waals surface area contributed by atoms with Crippen molar-refractivity contribution in [3.63, 3.8) is 0 Å². The minimum Gasteiger partial charge on any atom is -0.496 e. The van der Waals surface area contributed by atoms with Gasteiger partial charge in [0, 0.05) is 13.1 Å². The van der Waals surface area contributed by atoms with E-state index in [1.807, 2.05) is 32.0 Å². The van der Waals surface area contributed by atoms with Crippen molar-refractivity contribution in [2.75, 3.05) is 32.1 Å². The molecule has 0 saturated heterocycles. The van der Waals surface area contributed by atoms with Gasteiger partial charge in [0.15, 0.2) is 23.4 Å². The number of hydrogen-bond acceptors (Lipinski definition) is 3. The molecule has 0 bridgehead atoms. The second kappa shape index (κ2) is 11.1. The summed E-state index contributed by atoms with van der Waals surface area (Å²) in [6.07, 6.45) is 0.702. The number of halogens is 3. The molecule has 0 spiro atoms. The van der Waals surface area contributed by atoms with Crippen LogP contribution in [0.4, 0.5) is 18.9 Å². The molecule has 0 aliphatic heterocycles. The monoisotopic (exact) mass is 422 g/mol. The third-order valence-electron chi connectivity index (χ3n) is 4.21. The maximum absolute atomic E-state index is 13.7. The first-order chi connectivity index (χ1) is 14.3. The van der Waals surface area contributed by atoms with Gasteiger partial charge in [0.05, 0.1) is 12.8 Å². The van der Waals surface area contributed by atoms with E-state index in [1.165, 1.54) is 0 Å². The fourth-order valence-corrected chi connectivity index (χ4v) is 2.65. The molecule has 0 saturated carbocycles. The lowest BCUT2D eigenvalue weighted by Crippen LogP contribution is -2.39. The number of aryl methyl sites for hydroxylation is 1. The van der Waals surface area contributed by atoms with Gasteiger partial charge in [0.1, 0.15) is 12.3 Å². The van der Waals surface area contributed by atoms with E-state index >= 15 is 0 Å². The number of anilines is 1. The molecule has 3 N–H and O–H groups in total. The molecule has 0 aliphatic rings. The van der Waals surface area contributed by atoms with E-state index in [2.05, 4.69) is 20.9 Å². The van der Waals surface area contributed by atoms with Crippen LogP contribution in [0.15, 0.2) is 35.3 Å². The maximum atomic E-state index is 13.7. The third kappa shape index (κ3) is 6.40. The smallest absolute Gasteiger partial charge is 0.246 e. The molecule has 2 aromatic rings. The van der Waals surface area contributed by atoms with E-state index in [0.29, 0.717) is 25.5 Å². The van der Waals surface area contributed by atoms with Crippen molar-refractivity contribution in [2.45, 2.75) is 20.3 Å². The summed E-state index contributed by atoms with van der Waals surface area (Å²) < 4.78 is 45.2. The SMILES string of the molecule is CCNC(=NCC(=O)Nc1ccc(F)c(F)c1F)NCCc1ccc(C)c(OC)c1.